The summed E-state index contributed by atoms with van der Waals surface area (Å²) in [4.78, 5) is 0. The minimum atomic E-state index is 0.565. The summed E-state index contributed by atoms with van der Waals surface area (Å²) in [6, 6.07) is 0.565. The van der Waals surface area contributed by atoms with Gasteiger partial charge in [-0.25, -0.2) is 0 Å². The molecule has 0 saturated carbocycles. The summed E-state index contributed by atoms with van der Waals surface area (Å²) in [5.74, 6) is 0.825. The van der Waals surface area contributed by atoms with Crippen molar-refractivity contribution in [2.45, 2.75) is 53.0 Å². The smallest absolute Gasteiger partial charge is 0.0331 e. The fraction of sp³-hybridized carbons (Fsp3) is 0.714. The van der Waals surface area contributed by atoms with Gasteiger partial charge in [0.2, 0.25) is 0 Å². The zero-order valence-electron chi connectivity index (χ0n) is 11.0. The lowest BCUT2D eigenvalue weighted by molar-refractivity contribution is 0.455. The van der Waals surface area contributed by atoms with E-state index in [1.807, 2.05) is 11.3 Å². The fourth-order valence-electron chi connectivity index (χ4n) is 2.07. The number of rotatable bonds is 7. The van der Waals surface area contributed by atoms with Gasteiger partial charge in [0.05, 0.1) is 0 Å². The molecular weight excluding hydrogens is 214 g/mol. The van der Waals surface area contributed by atoms with Gasteiger partial charge in [0.25, 0.3) is 0 Å². The average molecular weight is 239 g/mol. The molecule has 0 bridgehead atoms. The van der Waals surface area contributed by atoms with Crippen molar-refractivity contribution in [2.24, 2.45) is 5.92 Å². The van der Waals surface area contributed by atoms with Crippen LogP contribution in [0.5, 0.6) is 0 Å². The third-order valence-electron chi connectivity index (χ3n) is 3.00. The molecule has 16 heavy (non-hydrogen) atoms. The minimum Gasteiger partial charge on any atom is -0.310 e. The van der Waals surface area contributed by atoms with Crippen LogP contribution >= 0.6 is 11.3 Å². The minimum absolute atomic E-state index is 0.565. The first-order valence-electron chi connectivity index (χ1n) is 6.41. The van der Waals surface area contributed by atoms with E-state index in [2.05, 4.69) is 43.8 Å². The summed E-state index contributed by atoms with van der Waals surface area (Å²) in [6.07, 6.45) is 3.93. The highest BCUT2D eigenvalue weighted by molar-refractivity contribution is 7.08. The Labute approximate surface area is 104 Å². The van der Waals surface area contributed by atoms with Gasteiger partial charge in [-0.2, -0.15) is 11.3 Å². The molecule has 1 N–H and O–H groups in total. The van der Waals surface area contributed by atoms with Crippen LogP contribution in [0.2, 0.25) is 0 Å². The average Bonchev–Trinajstić information content (AvgIpc) is 2.63. The molecule has 0 amide bonds. The summed E-state index contributed by atoms with van der Waals surface area (Å²) >= 11 is 1.82. The molecule has 1 rings (SSSR count). The molecule has 0 spiro atoms. The van der Waals surface area contributed by atoms with Crippen molar-refractivity contribution >= 4 is 11.3 Å². The summed E-state index contributed by atoms with van der Waals surface area (Å²) < 4.78 is 0. The van der Waals surface area contributed by atoms with Crippen LogP contribution in [0.25, 0.3) is 0 Å². The number of nitrogens with one attached hydrogen (secondary N) is 1. The first kappa shape index (κ1) is 13.7. The molecule has 1 aromatic heterocycles. The van der Waals surface area contributed by atoms with Crippen LogP contribution < -0.4 is 5.32 Å². The van der Waals surface area contributed by atoms with Crippen molar-refractivity contribution in [1.82, 2.24) is 5.32 Å². The van der Waals surface area contributed by atoms with E-state index in [1.54, 1.807) is 0 Å². The predicted molar refractivity (Wildman–Crippen MR) is 74.2 cm³/mol. The molecule has 0 fully saturated rings. The van der Waals surface area contributed by atoms with E-state index in [-0.39, 0.29) is 0 Å². The largest absolute Gasteiger partial charge is 0.310 e. The first-order chi connectivity index (χ1) is 7.65. The Kier molecular flexibility index (Phi) is 6.07. The van der Waals surface area contributed by atoms with E-state index < -0.39 is 0 Å². The Balaban J connectivity index is 2.51. The Hall–Kier alpha value is -0.340. The van der Waals surface area contributed by atoms with E-state index >= 15 is 0 Å². The Morgan fingerprint density at radius 1 is 1.25 bits per heavy atom. The monoisotopic (exact) mass is 239 g/mol. The highest BCUT2D eigenvalue weighted by Gasteiger charge is 2.13. The van der Waals surface area contributed by atoms with Crippen molar-refractivity contribution in [3.8, 4) is 0 Å². The molecule has 1 heterocycles. The molecule has 0 aliphatic heterocycles. The fourth-order valence-corrected chi connectivity index (χ4v) is 2.98. The zero-order valence-corrected chi connectivity index (χ0v) is 11.9. The van der Waals surface area contributed by atoms with Crippen LogP contribution in [0.4, 0.5) is 0 Å². The van der Waals surface area contributed by atoms with E-state index in [9.17, 15) is 0 Å². The van der Waals surface area contributed by atoms with Gasteiger partial charge in [-0.1, -0.05) is 33.6 Å². The molecule has 1 atom stereocenters. The van der Waals surface area contributed by atoms with Crippen molar-refractivity contribution in [2.75, 3.05) is 6.54 Å². The van der Waals surface area contributed by atoms with E-state index in [0.717, 1.165) is 12.5 Å². The molecule has 1 unspecified atom stereocenters. The zero-order chi connectivity index (χ0) is 12.0. The van der Waals surface area contributed by atoms with Crippen LogP contribution in [0.1, 0.15) is 57.2 Å². The lowest BCUT2D eigenvalue weighted by atomic mass is 9.98. The highest BCUT2D eigenvalue weighted by atomic mass is 32.1. The van der Waals surface area contributed by atoms with E-state index in [1.165, 1.54) is 30.4 Å². The predicted octanol–water partition coefficient (Wildman–Crippen LogP) is 4.53. The van der Waals surface area contributed by atoms with Gasteiger partial charge in [-0.15, -0.1) is 0 Å². The second kappa shape index (κ2) is 7.08. The van der Waals surface area contributed by atoms with Gasteiger partial charge in [0.15, 0.2) is 0 Å². The molecule has 0 radical (unpaired) electrons. The standard InChI is InChI=1S/C14H25NS/c1-5-15-14(8-6-7-11(2)3)13-10-16-9-12(13)4/h9-11,14-15H,5-8H2,1-4H3. The summed E-state index contributed by atoms with van der Waals surface area (Å²) in [7, 11) is 0. The number of hydrogen-bond acceptors (Lipinski definition) is 2. The lowest BCUT2D eigenvalue weighted by Gasteiger charge is -2.18. The topological polar surface area (TPSA) is 12.0 Å². The maximum atomic E-state index is 3.61. The van der Waals surface area contributed by atoms with Crippen LogP contribution in [0.15, 0.2) is 10.8 Å². The van der Waals surface area contributed by atoms with E-state index in [4.69, 9.17) is 0 Å². The lowest BCUT2D eigenvalue weighted by Crippen LogP contribution is -2.21. The molecule has 2 heteroatoms. The van der Waals surface area contributed by atoms with Gasteiger partial charge in [-0.05, 0) is 47.7 Å². The molecule has 1 aromatic rings. The summed E-state index contributed by atoms with van der Waals surface area (Å²) in [5.41, 5.74) is 2.95. The molecule has 0 aliphatic rings. The molecule has 0 saturated heterocycles. The molecule has 0 aliphatic carbocycles. The number of hydrogen-bond donors (Lipinski definition) is 1. The number of thiophene rings is 1. The Bertz CT molecular complexity index is 291. The Morgan fingerprint density at radius 3 is 2.50 bits per heavy atom. The third kappa shape index (κ3) is 4.26. The van der Waals surface area contributed by atoms with Crippen molar-refractivity contribution in [3.63, 3.8) is 0 Å². The maximum absolute atomic E-state index is 3.61. The van der Waals surface area contributed by atoms with Gasteiger partial charge in [-0.3, -0.25) is 0 Å². The molecule has 1 nitrogen and oxygen atoms in total. The van der Waals surface area contributed by atoms with Gasteiger partial charge < -0.3 is 5.32 Å². The highest BCUT2D eigenvalue weighted by Crippen LogP contribution is 2.26. The molecular formula is C14H25NS. The number of aryl methyl sites for hydroxylation is 1. The normalized spacial score (nSPS) is 13.3. The van der Waals surface area contributed by atoms with Gasteiger partial charge >= 0.3 is 0 Å². The van der Waals surface area contributed by atoms with Crippen molar-refractivity contribution in [1.29, 1.82) is 0 Å². The van der Waals surface area contributed by atoms with Crippen LogP contribution in [0.3, 0.4) is 0 Å². The second-order valence-electron chi connectivity index (χ2n) is 4.95. The van der Waals surface area contributed by atoms with Crippen LogP contribution in [-0.4, -0.2) is 6.54 Å². The van der Waals surface area contributed by atoms with Gasteiger partial charge in [0, 0.05) is 6.04 Å². The Morgan fingerprint density at radius 2 is 2.00 bits per heavy atom. The maximum Gasteiger partial charge on any atom is 0.0331 e. The van der Waals surface area contributed by atoms with Crippen LogP contribution in [0, 0.1) is 12.8 Å². The van der Waals surface area contributed by atoms with Crippen LogP contribution in [-0.2, 0) is 0 Å². The van der Waals surface area contributed by atoms with Gasteiger partial charge in [0.1, 0.15) is 0 Å². The summed E-state index contributed by atoms with van der Waals surface area (Å²) in [6.45, 7) is 10.1. The quantitative estimate of drug-likeness (QED) is 0.737. The van der Waals surface area contributed by atoms with Crippen molar-refractivity contribution < 1.29 is 0 Å². The van der Waals surface area contributed by atoms with Crippen molar-refractivity contribution in [3.05, 3.63) is 21.9 Å². The molecule has 92 valence electrons. The SMILES string of the molecule is CCNC(CCCC(C)C)c1cscc1C. The summed E-state index contributed by atoms with van der Waals surface area (Å²) in [5, 5.41) is 8.16. The van der Waals surface area contributed by atoms with E-state index in [0.29, 0.717) is 6.04 Å². The first-order valence-corrected chi connectivity index (χ1v) is 7.35. The third-order valence-corrected chi connectivity index (χ3v) is 3.88. The molecule has 0 aromatic carbocycles. The second-order valence-corrected chi connectivity index (χ2v) is 5.69.